The molecule has 0 spiro atoms. The van der Waals surface area contributed by atoms with Gasteiger partial charge in [0, 0.05) is 32.8 Å². The standard InChI is InChI=1S/C18H34N2O/c1-15-5-8-18(9-6-15,13-19-17-3-4-17)14-20-10-7-16(11-20)12-21-2/h15-17,19H,3-14H2,1-2H3. The van der Waals surface area contributed by atoms with E-state index in [1.807, 2.05) is 7.11 Å². The molecular weight excluding hydrogens is 260 g/mol. The Morgan fingerprint density at radius 2 is 1.90 bits per heavy atom. The summed E-state index contributed by atoms with van der Waals surface area (Å²) in [6.07, 6.45) is 9.87. The molecule has 1 aliphatic heterocycles. The normalized spacial score (nSPS) is 38.0. The fourth-order valence-electron chi connectivity index (χ4n) is 4.32. The molecule has 1 unspecified atom stereocenters. The van der Waals surface area contributed by atoms with Crippen molar-refractivity contribution >= 4 is 0 Å². The van der Waals surface area contributed by atoms with Gasteiger partial charge in [-0.2, -0.15) is 0 Å². The highest BCUT2D eigenvalue weighted by molar-refractivity contribution is 4.93. The Labute approximate surface area is 130 Å². The van der Waals surface area contributed by atoms with Gasteiger partial charge in [0.2, 0.25) is 0 Å². The number of likely N-dealkylation sites (tertiary alicyclic amines) is 1. The third-order valence-electron chi connectivity index (χ3n) is 6.01. The number of rotatable bonds is 7. The van der Waals surface area contributed by atoms with Crippen LogP contribution in [0.5, 0.6) is 0 Å². The second-order valence-electron chi connectivity index (χ2n) is 8.18. The van der Waals surface area contributed by atoms with Gasteiger partial charge in [0.25, 0.3) is 0 Å². The number of nitrogens with one attached hydrogen (secondary N) is 1. The number of hydrogen-bond acceptors (Lipinski definition) is 3. The molecule has 3 heteroatoms. The predicted octanol–water partition coefficient (Wildman–Crippen LogP) is 2.90. The Morgan fingerprint density at radius 3 is 2.57 bits per heavy atom. The van der Waals surface area contributed by atoms with Gasteiger partial charge in [-0.15, -0.1) is 0 Å². The number of ether oxygens (including phenoxy) is 1. The van der Waals surface area contributed by atoms with Crippen molar-refractivity contribution in [3.8, 4) is 0 Å². The molecule has 2 aliphatic carbocycles. The van der Waals surface area contributed by atoms with Crippen molar-refractivity contribution in [3.05, 3.63) is 0 Å². The van der Waals surface area contributed by atoms with E-state index in [2.05, 4.69) is 17.1 Å². The van der Waals surface area contributed by atoms with Crippen LogP contribution >= 0.6 is 0 Å². The van der Waals surface area contributed by atoms with Crippen LogP contribution in [0.2, 0.25) is 0 Å². The Hall–Kier alpha value is -0.120. The Balaban J connectivity index is 1.54. The summed E-state index contributed by atoms with van der Waals surface area (Å²) < 4.78 is 5.35. The molecule has 0 aromatic rings. The first-order valence-corrected chi connectivity index (χ1v) is 9.14. The van der Waals surface area contributed by atoms with E-state index in [0.29, 0.717) is 5.41 Å². The highest BCUT2D eigenvalue weighted by Crippen LogP contribution is 2.40. The molecule has 21 heavy (non-hydrogen) atoms. The van der Waals surface area contributed by atoms with Crippen LogP contribution < -0.4 is 5.32 Å². The molecule has 2 saturated carbocycles. The molecule has 0 amide bonds. The summed E-state index contributed by atoms with van der Waals surface area (Å²) in [5, 5.41) is 3.84. The minimum absolute atomic E-state index is 0.553. The Morgan fingerprint density at radius 1 is 1.14 bits per heavy atom. The summed E-state index contributed by atoms with van der Waals surface area (Å²) in [5.74, 6) is 1.71. The molecule has 0 radical (unpaired) electrons. The van der Waals surface area contributed by atoms with Gasteiger partial charge in [-0.3, -0.25) is 0 Å². The highest BCUT2D eigenvalue weighted by atomic mass is 16.5. The van der Waals surface area contributed by atoms with Crippen LogP contribution in [0.3, 0.4) is 0 Å². The summed E-state index contributed by atoms with van der Waals surface area (Å²) in [4.78, 5) is 2.73. The van der Waals surface area contributed by atoms with Gasteiger partial charge < -0.3 is 15.0 Å². The Kier molecular flexibility index (Phi) is 5.23. The Bertz CT molecular complexity index is 321. The van der Waals surface area contributed by atoms with Crippen LogP contribution in [0, 0.1) is 17.3 Å². The first kappa shape index (κ1) is 15.8. The fraction of sp³-hybridized carbons (Fsp3) is 1.00. The fourth-order valence-corrected chi connectivity index (χ4v) is 4.32. The lowest BCUT2D eigenvalue weighted by atomic mass is 9.70. The van der Waals surface area contributed by atoms with Crippen molar-refractivity contribution in [3.63, 3.8) is 0 Å². The molecule has 1 saturated heterocycles. The van der Waals surface area contributed by atoms with Crippen LogP contribution in [0.25, 0.3) is 0 Å². The quantitative estimate of drug-likeness (QED) is 0.781. The van der Waals surface area contributed by atoms with E-state index in [9.17, 15) is 0 Å². The first-order valence-electron chi connectivity index (χ1n) is 9.14. The zero-order valence-corrected chi connectivity index (χ0v) is 14.1. The van der Waals surface area contributed by atoms with Crippen molar-refractivity contribution in [2.45, 2.75) is 57.9 Å². The lowest BCUT2D eigenvalue weighted by molar-refractivity contribution is 0.0910. The molecule has 3 nitrogen and oxygen atoms in total. The second kappa shape index (κ2) is 6.97. The van der Waals surface area contributed by atoms with E-state index < -0.39 is 0 Å². The van der Waals surface area contributed by atoms with Gasteiger partial charge in [-0.1, -0.05) is 19.8 Å². The van der Waals surface area contributed by atoms with Gasteiger partial charge >= 0.3 is 0 Å². The zero-order valence-electron chi connectivity index (χ0n) is 14.1. The van der Waals surface area contributed by atoms with Crippen molar-refractivity contribution in [2.75, 3.05) is 39.9 Å². The van der Waals surface area contributed by atoms with Gasteiger partial charge in [0.05, 0.1) is 6.61 Å². The summed E-state index contributed by atoms with van der Waals surface area (Å²) in [6.45, 7) is 8.50. The van der Waals surface area contributed by atoms with Crippen molar-refractivity contribution in [1.29, 1.82) is 0 Å². The van der Waals surface area contributed by atoms with Gasteiger partial charge in [-0.05, 0) is 55.9 Å². The van der Waals surface area contributed by atoms with Crippen LogP contribution in [0.4, 0.5) is 0 Å². The van der Waals surface area contributed by atoms with Gasteiger partial charge in [-0.25, -0.2) is 0 Å². The SMILES string of the molecule is COCC1CCN(CC2(CNC3CC3)CCC(C)CC2)C1. The average Bonchev–Trinajstić information content (AvgIpc) is 3.22. The van der Waals surface area contributed by atoms with Crippen molar-refractivity contribution in [2.24, 2.45) is 17.3 Å². The molecule has 122 valence electrons. The molecule has 0 bridgehead atoms. The highest BCUT2D eigenvalue weighted by Gasteiger charge is 2.38. The molecule has 0 aromatic heterocycles. The van der Waals surface area contributed by atoms with E-state index in [4.69, 9.17) is 4.74 Å². The first-order chi connectivity index (χ1) is 10.2. The summed E-state index contributed by atoms with van der Waals surface area (Å²) in [6, 6.07) is 0.848. The van der Waals surface area contributed by atoms with E-state index >= 15 is 0 Å². The van der Waals surface area contributed by atoms with Crippen LogP contribution in [-0.2, 0) is 4.74 Å². The number of methoxy groups -OCH3 is 1. The van der Waals surface area contributed by atoms with E-state index in [-0.39, 0.29) is 0 Å². The molecule has 1 atom stereocenters. The number of hydrogen-bond donors (Lipinski definition) is 1. The predicted molar refractivity (Wildman–Crippen MR) is 87.5 cm³/mol. The second-order valence-corrected chi connectivity index (χ2v) is 8.18. The maximum atomic E-state index is 5.35. The molecule has 0 aromatic carbocycles. The minimum Gasteiger partial charge on any atom is -0.384 e. The topological polar surface area (TPSA) is 24.5 Å². The largest absolute Gasteiger partial charge is 0.384 e. The van der Waals surface area contributed by atoms with Crippen molar-refractivity contribution < 1.29 is 4.74 Å². The summed E-state index contributed by atoms with van der Waals surface area (Å²) in [5.41, 5.74) is 0.553. The van der Waals surface area contributed by atoms with Gasteiger partial charge in [0.15, 0.2) is 0 Å². The van der Waals surface area contributed by atoms with Crippen LogP contribution in [0.1, 0.15) is 51.9 Å². The summed E-state index contributed by atoms with van der Waals surface area (Å²) in [7, 11) is 1.84. The third-order valence-corrected chi connectivity index (χ3v) is 6.01. The monoisotopic (exact) mass is 294 g/mol. The maximum absolute atomic E-state index is 5.35. The van der Waals surface area contributed by atoms with Crippen LogP contribution in [-0.4, -0.2) is 50.8 Å². The van der Waals surface area contributed by atoms with E-state index in [1.54, 1.807) is 0 Å². The number of nitrogens with zero attached hydrogens (tertiary/aromatic N) is 1. The van der Waals surface area contributed by atoms with Crippen molar-refractivity contribution in [1.82, 2.24) is 10.2 Å². The zero-order chi connectivity index (χ0) is 14.7. The molecule has 3 aliphatic rings. The third kappa shape index (κ3) is 4.43. The lowest BCUT2D eigenvalue weighted by Crippen LogP contribution is -2.46. The van der Waals surface area contributed by atoms with E-state index in [0.717, 1.165) is 24.5 Å². The molecular formula is C18H34N2O. The van der Waals surface area contributed by atoms with Crippen LogP contribution in [0.15, 0.2) is 0 Å². The molecule has 3 rings (SSSR count). The lowest BCUT2D eigenvalue weighted by Gasteiger charge is -2.42. The molecule has 1 N–H and O–H groups in total. The average molecular weight is 294 g/mol. The van der Waals surface area contributed by atoms with E-state index in [1.165, 1.54) is 71.1 Å². The van der Waals surface area contributed by atoms with Gasteiger partial charge in [0.1, 0.15) is 0 Å². The smallest absolute Gasteiger partial charge is 0.0503 e. The maximum Gasteiger partial charge on any atom is 0.0503 e. The minimum atomic E-state index is 0.553. The molecule has 3 fully saturated rings. The molecule has 1 heterocycles. The summed E-state index contributed by atoms with van der Waals surface area (Å²) >= 11 is 0.